The molecule has 1 aromatic carbocycles. The summed E-state index contributed by atoms with van der Waals surface area (Å²) < 4.78 is 46.7. The second-order valence-corrected chi connectivity index (χ2v) is 9.10. The van der Waals surface area contributed by atoms with Crippen LogP contribution in [0.2, 0.25) is 0 Å². The average molecular weight is 414 g/mol. The molecule has 2 N–H and O–H groups in total. The van der Waals surface area contributed by atoms with Gasteiger partial charge in [0, 0.05) is 13.1 Å². The number of benzene rings is 1. The van der Waals surface area contributed by atoms with Crippen LogP contribution in [0.3, 0.4) is 0 Å². The first-order chi connectivity index (χ1) is 13.4. The van der Waals surface area contributed by atoms with Crippen LogP contribution in [-0.4, -0.2) is 62.3 Å². The third-order valence-corrected chi connectivity index (χ3v) is 6.81. The molecule has 0 bridgehead atoms. The highest BCUT2D eigenvalue weighted by atomic mass is 32.2. The SMILES string of the molecule is O=C(C[C@H]1CC[C@H](NS(=O)(=O)c2cccc(F)c2)[C@@H](CO)O1)N1CCCCC1. The normalized spacial score (nSPS) is 26.2. The Morgan fingerprint density at radius 3 is 2.68 bits per heavy atom. The Morgan fingerprint density at radius 2 is 2.00 bits per heavy atom. The van der Waals surface area contributed by atoms with Gasteiger partial charge in [-0.3, -0.25) is 4.79 Å². The van der Waals surface area contributed by atoms with Crippen molar-refractivity contribution in [3.8, 4) is 0 Å². The maximum Gasteiger partial charge on any atom is 0.241 e. The number of nitrogens with one attached hydrogen (secondary N) is 1. The summed E-state index contributed by atoms with van der Waals surface area (Å²) in [5.74, 6) is -0.599. The fourth-order valence-corrected chi connectivity index (χ4v) is 5.12. The van der Waals surface area contributed by atoms with Crippen molar-refractivity contribution in [3.05, 3.63) is 30.1 Å². The lowest BCUT2D eigenvalue weighted by Gasteiger charge is -2.36. The van der Waals surface area contributed by atoms with Gasteiger partial charge < -0.3 is 14.7 Å². The predicted octanol–water partition coefficient (Wildman–Crippen LogP) is 1.42. The highest BCUT2D eigenvalue weighted by molar-refractivity contribution is 7.89. The van der Waals surface area contributed by atoms with Crippen molar-refractivity contribution in [2.45, 2.75) is 61.7 Å². The average Bonchev–Trinajstić information content (AvgIpc) is 2.69. The number of likely N-dealkylation sites (tertiary alicyclic amines) is 1. The van der Waals surface area contributed by atoms with Gasteiger partial charge in [0.25, 0.3) is 0 Å². The molecular weight excluding hydrogens is 387 g/mol. The Kier molecular flexibility index (Phi) is 7.03. The molecule has 2 aliphatic rings. The Morgan fingerprint density at radius 1 is 1.25 bits per heavy atom. The summed E-state index contributed by atoms with van der Waals surface area (Å²) in [6, 6.07) is 4.11. The van der Waals surface area contributed by atoms with Crippen molar-refractivity contribution in [1.82, 2.24) is 9.62 Å². The zero-order valence-corrected chi connectivity index (χ0v) is 16.5. The molecule has 9 heteroatoms. The van der Waals surface area contributed by atoms with E-state index in [1.54, 1.807) is 0 Å². The molecule has 3 rings (SSSR count). The first-order valence-corrected chi connectivity index (χ1v) is 11.2. The van der Waals surface area contributed by atoms with Gasteiger partial charge in [0.05, 0.1) is 36.2 Å². The van der Waals surface area contributed by atoms with Crippen LogP contribution in [0.4, 0.5) is 4.39 Å². The number of hydrogen-bond donors (Lipinski definition) is 2. The third-order valence-electron chi connectivity index (χ3n) is 5.32. The summed E-state index contributed by atoms with van der Waals surface area (Å²) in [4.78, 5) is 14.1. The maximum absolute atomic E-state index is 13.4. The van der Waals surface area contributed by atoms with E-state index in [0.29, 0.717) is 12.8 Å². The van der Waals surface area contributed by atoms with Gasteiger partial charge in [0.15, 0.2) is 0 Å². The third kappa shape index (κ3) is 5.28. The minimum Gasteiger partial charge on any atom is -0.394 e. The highest BCUT2D eigenvalue weighted by Crippen LogP contribution is 2.25. The van der Waals surface area contributed by atoms with Gasteiger partial charge in [0.2, 0.25) is 15.9 Å². The van der Waals surface area contributed by atoms with Crippen LogP contribution in [0.15, 0.2) is 29.2 Å². The number of piperidine rings is 1. The second-order valence-electron chi connectivity index (χ2n) is 7.39. The molecule has 3 atom stereocenters. The van der Waals surface area contributed by atoms with Gasteiger partial charge in [-0.15, -0.1) is 0 Å². The van der Waals surface area contributed by atoms with Crippen molar-refractivity contribution < 1.29 is 27.4 Å². The zero-order chi connectivity index (χ0) is 20.1. The van der Waals surface area contributed by atoms with Gasteiger partial charge in [-0.05, 0) is 50.3 Å². The number of hydrogen-bond acceptors (Lipinski definition) is 5. The molecule has 2 heterocycles. The Hall–Kier alpha value is -1.55. The van der Waals surface area contributed by atoms with Gasteiger partial charge in [-0.2, -0.15) is 0 Å². The molecule has 0 unspecified atom stereocenters. The minimum absolute atomic E-state index is 0.0418. The zero-order valence-electron chi connectivity index (χ0n) is 15.7. The molecule has 0 radical (unpaired) electrons. The Balaban J connectivity index is 1.59. The highest BCUT2D eigenvalue weighted by Gasteiger charge is 2.35. The van der Waals surface area contributed by atoms with Gasteiger partial charge in [-0.1, -0.05) is 6.07 Å². The van der Waals surface area contributed by atoms with E-state index in [-0.39, 0.29) is 29.9 Å². The van der Waals surface area contributed by atoms with Crippen molar-refractivity contribution in [3.63, 3.8) is 0 Å². The smallest absolute Gasteiger partial charge is 0.241 e. The van der Waals surface area contributed by atoms with Gasteiger partial charge >= 0.3 is 0 Å². The molecule has 156 valence electrons. The molecular formula is C19H27FN2O5S. The van der Waals surface area contributed by atoms with Crippen LogP contribution in [0.5, 0.6) is 0 Å². The number of aliphatic hydroxyl groups excluding tert-OH is 1. The van der Waals surface area contributed by atoms with Crippen LogP contribution >= 0.6 is 0 Å². The predicted molar refractivity (Wildman–Crippen MR) is 101 cm³/mol. The van der Waals surface area contributed by atoms with Crippen molar-refractivity contribution in [2.75, 3.05) is 19.7 Å². The first kappa shape index (κ1) is 21.2. The van der Waals surface area contributed by atoms with Crippen molar-refractivity contribution in [1.29, 1.82) is 0 Å². The Bertz CT molecular complexity index is 782. The topological polar surface area (TPSA) is 95.9 Å². The molecule has 1 amide bonds. The van der Waals surface area contributed by atoms with Gasteiger partial charge in [0.1, 0.15) is 5.82 Å². The van der Waals surface area contributed by atoms with Crippen LogP contribution < -0.4 is 4.72 Å². The summed E-state index contributed by atoms with van der Waals surface area (Å²) in [6.45, 7) is 1.17. The molecule has 0 aliphatic carbocycles. The lowest BCUT2D eigenvalue weighted by molar-refractivity contribution is -0.140. The molecule has 28 heavy (non-hydrogen) atoms. The standard InChI is InChI=1S/C19H27FN2O5S/c20-14-5-4-6-16(11-14)28(25,26)21-17-8-7-15(27-18(17)13-23)12-19(24)22-9-2-1-3-10-22/h4-6,11,15,17-18,21,23H,1-3,7-10,12-13H2/t15-,17+,18-/m1/s1. The van der Waals surface area contributed by atoms with Crippen molar-refractivity contribution in [2.24, 2.45) is 0 Å². The lowest BCUT2D eigenvalue weighted by Crippen LogP contribution is -2.51. The van der Waals surface area contributed by atoms with Crippen LogP contribution in [0, 0.1) is 5.82 Å². The Labute approximate surface area is 164 Å². The van der Waals surface area contributed by atoms with E-state index in [4.69, 9.17) is 4.74 Å². The van der Waals surface area contributed by atoms with E-state index >= 15 is 0 Å². The van der Waals surface area contributed by atoms with Gasteiger partial charge in [-0.25, -0.2) is 17.5 Å². The second kappa shape index (κ2) is 9.30. The number of sulfonamides is 1. The summed E-state index contributed by atoms with van der Waals surface area (Å²) in [7, 11) is -3.94. The number of nitrogens with zero attached hydrogens (tertiary/aromatic N) is 1. The summed E-state index contributed by atoms with van der Waals surface area (Å²) in [6.07, 6.45) is 3.24. The number of halogens is 1. The molecule has 0 saturated carbocycles. The van der Waals surface area contributed by atoms with E-state index in [1.807, 2.05) is 4.90 Å². The number of rotatable bonds is 6. The minimum atomic E-state index is -3.94. The van der Waals surface area contributed by atoms with Crippen LogP contribution in [-0.2, 0) is 19.6 Å². The monoisotopic (exact) mass is 414 g/mol. The molecule has 0 spiro atoms. The number of ether oxygens (including phenoxy) is 1. The lowest BCUT2D eigenvalue weighted by atomic mass is 9.97. The van der Waals surface area contributed by atoms with E-state index < -0.39 is 28.0 Å². The van der Waals surface area contributed by atoms with E-state index in [1.165, 1.54) is 18.2 Å². The van der Waals surface area contributed by atoms with E-state index in [2.05, 4.69) is 4.72 Å². The molecule has 2 saturated heterocycles. The molecule has 1 aromatic rings. The maximum atomic E-state index is 13.4. The number of carbonyl (C=O) groups excluding carboxylic acids is 1. The quantitative estimate of drug-likeness (QED) is 0.734. The van der Waals surface area contributed by atoms with E-state index in [9.17, 15) is 22.7 Å². The fourth-order valence-electron chi connectivity index (χ4n) is 3.79. The number of amides is 1. The first-order valence-electron chi connectivity index (χ1n) is 9.71. The molecule has 7 nitrogen and oxygen atoms in total. The van der Waals surface area contributed by atoms with Crippen molar-refractivity contribution >= 4 is 15.9 Å². The molecule has 0 aromatic heterocycles. The van der Waals surface area contributed by atoms with E-state index in [0.717, 1.165) is 38.4 Å². The fraction of sp³-hybridized carbons (Fsp3) is 0.632. The van der Waals surface area contributed by atoms with Crippen LogP contribution in [0.1, 0.15) is 38.5 Å². The summed E-state index contributed by atoms with van der Waals surface area (Å²) in [5.41, 5.74) is 0. The number of carbonyl (C=O) groups is 1. The summed E-state index contributed by atoms with van der Waals surface area (Å²) >= 11 is 0. The summed E-state index contributed by atoms with van der Waals surface area (Å²) in [5, 5.41) is 9.66. The van der Waals surface area contributed by atoms with Crippen LogP contribution in [0.25, 0.3) is 0 Å². The number of aliphatic hydroxyl groups is 1. The largest absolute Gasteiger partial charge is 0.394 e. The molecule has 2 aliphatic heterocycles. The molecule has 2 fully saturated rings.